The van der Waals surface area contributed by atoms with E-state index in [1.54, 1.807) is 0 Å². The van der Waals surface area contributed by atoms with Gasteiger partial charge in [-0.05, 0) is 44.6 Å². The van der Waals surface area contributed by atoms with Crippen molar-refractivity contribution in [1.82, 2.24) is 0 Å². The maximum absolute atomic E-state index is 6.07. The molecule has 1 aromatic carbocycles. The quantitative estimate of drug-likeness (QED) is 0.457. The number of rotatable bonds is 7. The molecule has 0 aliphatic carbocycles. The summed E-state index contributed by atoms with van der Waals surface area (Å²) in [5, 5.41) is 0. The van der Waals surface area contributed by atoms with Gasteiger partial charge in [-0.2, -0.15) is 0 Å². The second kappa shape index (κ2) is 7.54. The van der Waals surface area contributed by atoms with Gasteiger partial charge < -0.3 is 4.43 Å². The van der Waals surface area contributed by atoms with E-state index in [0.29, 0.717) is 5.92 Å². The zero-order chi connectivity index (χ0) is 14.3. The molecule has 0 aliphatic rings. The van der Waals surface area contributed by atoms with E-state index in [9.17, 15) is 0 Å². The van der Waals surface area contributed by atoms with Crippen molar-refractivity contribution >= 4 is 8.32 Å². The SMILES string of the molecule is CCCCC(/C=C(\C)O[Si](C)(C)C)c1ccccc1. The van der Waals surface area contributed by atoms with Crippen molar-refractivity contribution < 1.29 is 4.43 Å². The van der Waals surface area contributed by atoms with Crippen molar-refractivity contribution in [3.8, 4) is 0 Å². The van der Waals surface area contributed by atoms with Crippen LogP contribution in [0, 0.1) is 0 Å². The van der Waals surface area contributed by atoms with E-state index in [1.165, 1.54) is 24.8 Å². The highest BCUT2D eigenvalue weighted by atomic mass is 28.4. The van der Waals surface area contributed by atoms with E-state index < -0.39 is 8.32 Å². The molecule has 0 N–H and O–H groups in total. The summed E-state index contributed by atoms with van der Waals surface area (Å²) < 4.78 is 6.07. The molecule has 0 spiro atoms. The summed E-state index contributed by atoms with van der Waals surface area (Å²) in [6.07, 6.45) is 6.01. The molecule has 0 heterocycles. The second-order valence-corrected chi connectivity index (χ2v) is 10.6. The number of benzene rings is 1. The Morgan fingerprint density at radius 3 is 2.37 bits per heavy atom. The van der Waals surface area contributed by atoms with Crippen molar-refractivity contribution in [2.24, 2.45) is 0 Å². The van der Waals surface area contributed by atoms with Crippen LogP contribution in [0.15, 0.2) is 42.2 Å². The minimum Gasteiger partial charge on any atom is -0.548 e. The first-order valence-corrected chi connectivity index (χ1v) is 10.8. The van der Waals surface area contributed by atoms with E-state index in [1.807, 2.05) is 0 Å². The Morgan fingerprint density at radius 2 is 1.84 bits per heavy atom. The third-order valence-corrected chi connectivity index (χ3v) is 3.93. The Bertz CT molecular complexity index is 389. The molecule has 0 saturated heterocycles. The van der Waals surface area contributed by atoms with Crippen LogP contribution in [0.3, 0.4) is 0 Å². The molecule has 0 radical (unpaired) electrons. The van der Waals surface area contributed by atoms with Crippen LogP contribution in [0.1, 0.15) is 44.6 Å². The highest BCUT2D eigenvalue weighted by molar-refractivity contribution is 6.70. The average molecular weight is 276 g/mol. The van der Waals surface area contributed by atoms with Crippen molar-refractivity contribution in [3.63, 3.8) is 0 Å². The lowest BCUT2D eigenvalue weighted by Gasteiger charge is -2.22. The predicted molar refractivity (Wildman–Crippen MR) is 86.9 cm³/mol. The van der Waals surface area contributed by atoms with Crippen LogP contribution in [0.25, 0.3) is 0 Å². The van der Waals surface area contributed by atoms with Gasteiger partial charge in [0.2, 0.25) is 8.32 Å². The van der Waals surface area contributed by atoms with Gasteiger partial charge in [0.15, 0.2) is 0 Å². The van der Waals surface area contributed by atoms with Crippen LogP contribution in [0.4, 0.5) is 0 Å². The molecule has 0 amide bonds. The molecule has 2 heteroatoms. The second-order valence-electron chi connectivity index (χ2n) is 6.15. The monoisotopic (exact) mass is 276 g/mol. The molecule has 0 aliphatic heterocycles. The van der Waals surface area contributed by atoms with E-state index in [0.717, 1.165) is 5.76 Å². The zero-order valence-electron chi connectivity index (χ0n) is 13.1. The van der Waals surface area contributed by atoms with Crippen molar-refractivity contribution in [3.05, 3.63) is 47.7 Å². The molecule has 1 rings (SSSR count). The summed E-state index contributed by atoms with van der Waals surface area (Å²) in [4.78, 5) is 0. The fourth-order valence-electron chi connectivity index (χ4n) is 2.27. The summed E-state index contributed by atoms with van der Waals surface area (Å²) in [6, 6.07) is 10.8. The maximum atomic E-state index is 6.07. The van der Waals surface area contributed by atoms with Crippen LogP contribution in [-0.2, 0) is 4.43 Å². The van der Waals surface area contributed by atoms with Gasteiger partial charge in [0, 0.05) is 5.92 Å². The first kappa shape index (κ1) is 16.0. The number of allylic oxidation sites excluding steroid dienone is 2. The van der Waals surface area contributed by atoms with Gasteiger partial charge in [0.05, 0.1) is 5.76 Å². The lowest BCUT2D eigenvalue weighted by Crippen LogP contribution is -2.24. The normalized spacial score (nSPS) is 14.3. The summed E-state index contributed by atoms with van der Waals surface area (Å²) in [7, 11) is -1.49. The van der Waals surface area contributed by atoms with Gasteiger partial charge in [0.1, 0.15) is 0 Å². The standard InChI is InChI=1S/C17H28OSi/c1-6-7-11-17(16-12-9-8-10-13-16)14-15(2)18-19(3,4)5/h8-10,12-14,17H,6-7,11H2,1-5H3/b15-14+. The van der Waals surface area contributed by atoms with E-state index in [-0.39, 0.29) is 0 Å². The minimum atomic E-state index is -1.49. The largest absolute Gasteiger partial charge is 0.548 e. The van der Waals surface area contributed by atoms with Gasteiger partial charge in [0.25, 0.3) is 0 Å². The summed E-state index contributed by atoms with van der Waals surface area (Å²) in [6.45, 7) is 11.0. The zero-order valence-corrected chi connectivity index (χ0v) is 14.1. The molecule has 19 heavy (non-hydrogen) atoms. The summed E-state index contributed by atoms with van der Waals surface area (Å²) in [5.74, 6) is 1.57. The first-order valence-electron chi connectivity index (χ1n) is 7.34. The average Bonchev–Trinajstić information content (AvgIpc) is 2.33. The number of unbranched alkanes of at least 4 members (excludes halogenated alkanes) is 1. The van der Waals surface area contributed by atoms with E-state index >= 15 is 0 Å². The Labute approximate surface area is 119 Å². The summed E-state index contributed by atoms with van der Waals surface area (Å²) in [5.41, 5.74) is 1.40. The highest BCUT2D eigenvalue weighted by Gasteiger charge is 2.17. The maximum Gasteiger partial charge on any atom is 0.241 e. The molecule has 1 unspecified atom stereocenters. The molecule has 1 atom stereocenters. The van der Waals surface area contributed by atoms with E-state index in [2.05, 4.69) is 69.9 Å². The van der Waals surface area contributed by atoms with E-state index in [4.69, 9.17) is 4.43 Å². The van der Waals surface area contributed by atoms with Crippen LogP contribution in [-0.4, -0.2) is 8.32 Å². The van der Waals surface area contributed by atoms with Crippen molar-refractivity contribution in [2.75, 3.05) is 0 Å². The van der Waals surface area contributed by atoms with Gasteiger partial charge in [-0.1, -0.05) is 50.1 Å². The first-order chi connectivity index (χ1) is 8.92. The highest BCUT2D eigenvalue weighted by Crippen LogP contribution is 2.25. The Balaban J connectivity index is 2.83. The molecule has 0 bridgehead atoms. The van der Waals surface area contributed by atoms with Crippen molar-refractivity contribution in [1.29, 1.82) is 0 Å². The molecule has 106 valence electrons. The number of hydrogen-bond donors (Lipinski definition) is 0. The third-order valence-electron chi connectivity index (χ3n) is 3.00. The van der Waals surface area contributed by atoms with Crippen molar-refractivity contribution in [2.45, 2.75) is 58.7 Å². The molecule has 1 nitrogen and oxygen atoms in total. The van der Waals surface area contributed by atoms with Gasteiger partial charge in [-0.25, -0.2) is 0 Å². The minimum absolute atomic E-state index is 0.484. The Morgan fingerprint density at radius 1 is 1.21 bits per heavy atom. The smallest absolute Gasteiger partial charge is 0.241 e. The fourth-order valence-corrected chi connectivity index (χ4v) is 3.30. The Kier molecular flexibility index (Phi) is 6.36. The molecule has 1 aromatic rings. The van der Waals surface area contributed by atoms with Gasteiger partial charge >= 0.3 is 0 Å². The predicted octanol–water partition coefficient (Wildman–Crippen LogP) is 5.72. The molecule has 0 saturated carbocycles. The van der Waals surface area contributed by atoms with Gasteiger partial charge in [-0.15, -0.1) is 0 Å². The fraction of sp³-hybridized carbons (Fsp3) is 0.529. The molecule has 0 fully saturated rings. The van der Waals surface area contributed by atoms with Crippen LogP contribution in [0.2, 0.25) is 19.6 Å². The van der Waals surface area contributed by atoms with Crippen LogP contribution < -0.4 is 0 Å². The third kappa shape index (κ3) is 6.62. The topological polar surface area (TPSA) is 9.23 Å². The lowest BCUT2D eigenvalue weighted by atomic mass is 9.93. The summed E-state index contributed by atoms with van der Waals surface area (Å²) >= 11 is 0. The van der Waals surface area contributed by atoms with Gasteiger partial charge in [-0.3, -0.25) is 0 Å². The molecular weight excluding hydrogens is 248 g/mol. The van der Waals surface area contributed by atoms with Crippen LogP contribution >= 0.6 is 0 Å². The number of hydrogen-bond acceptors (Lipinski definition) is 1. The molecule has 0 aromatic heterocycles. The molecular formula is C17H28OSi. The Hall–Kier alpha value is -1.02. The van der Waals surface area contributed by atoms with Crippen LogP contribution in [0.5, 0.6) is 0 Å². The lowest BCUT2D eigenvalue weighted by molar-refractivity contribution is 0.418.